The summed E-state index contributed by atoms with van der Waals surface area (Å²) in [5.41, 5.74) is 0.861. The van der Waals surface area contributed by atoms with Gasteiger partial charge in [0.2, 0.25) is 10.0 Å². The van der Waals surface area contributed by atoms with Crippen molar-refractivity contribution in [2.75, 3.05) is 5.32 Å². The van der Waals surface area contributed by atoms with Crippen molar-refractivity contribution in [1.82, 2.24) is 0 Å². The van der Waals surface area contributed by atoms with Crippen molar-refractivity contribution >= 4 is 37.7 Å². The number of para-hydroxylation sites is 1. The molecule has 8 heteroatoms. The standard InChI is InChI=1S/C14H13BrN2O4S/c15-11-7-4-8-12(22(16,19)20)13(11)17-14(18)21-9-10-5-2-1-3-6-10/h1-8H,9H2,(H,17,18)(H2,16,19,20). The van der Waals surface area contributed by atoms with Gasteiger partial charge in [0.05, 0.1) is 5.69 Å². The average Bonchev–Trinajstić information content (AvgIpc) is 2.47. The van der Waals surface area contributed by atoms with Crippen LogP contribution in [-0.4, -0.2) is 14.5 Å². The van der Waals surface area contributed by atoms with Crippen LogP contribution in [0.15, 0.2) is 57.9 Å². The van der Waals surface area contributed by atoms with E-state index in [0.29, 0.717) is 4.47 Å². The molecule has 0 aliphatic rings. The molecule has 3 N–H and O–H groups in total. The molecule has 0 spiro atoms. The number of halogens is 1. The van der Waals surface area contributed by atoms with E-state index in [-0.39, 0.29) is 17.2 Å². The number of sulfonamides is 1. The van der Waals surface area contributed by atoms with Gasteiger partial charge in [0.1, 0.15) is 11.5 Å². The largest absolute Gasteiger partial charge is 0.444 e. The van der Waals surface area contributed by atoms with Crippen molar-refractivity contribution in [1.29, 1.82) is 0 Å². The molecule has 2 rings (SSSR count). The molecule has 1 amide bonds. The maximum absolute atomic E-state index is 11.8. The third-order valence-corrected chi connectivity index (χ3v) is 4.34. The van der Waals surface area contributed by atoms with Gasteiger partial charge in [-0.05, 0) is 33.6 Å². The summed E-state index contributed by atoms with van der Waals surface area (Å²) >= 11 is 3.17. The quantitative estimate of drug-likeness (QED) is 0.846. The lowest BCUT2D eigenvalue weighted by molar-refractivity contribution is 0.155. The summed E-state index contributed by atoms with van der Waals surface area (Å²) in [7, 11) is -3.97. The number of nitrogens with two attached hydrogens (primary N) is 1. The van der Waals surface area contributed by atoms with E-state index in [9.17, 15) is 13.2 Å². The minimum absolute atomic E-state index is 0.0445. The van der Waals surface area contributed by atoms with Crippen molar-refractivity contribution in [2.24, 2.45) is 5.14 Å². The van der Waals surface area contributed by atoms with Crippen LogP contribution in [0.25, 0.3) is 0 Å². The summed E-state index contributed by atoms with van der Waals surface area (Å²) < 4.78 is 28.5. The van der Waals surface area contributed by atoms with Gasteiger partial charge < -0.3 is 4.74 Å². The van der Waals surface area contributed by atoms with Crippen molar-refractivity contribution in [3.63, 3.8) is 0 Å². The van der Waals surface area contributed by atoms with E-state index in [4.69, 9.17) is 9.88 Å². The third kappa shape index (κ3) is 4.30. The lowest BCUT2D eigenvalue weighted by Gasteiger charge is -2.12. The van der Waals surface area contributed by atoms with E-state index in [2.05, 4.69) is 21.2 Å². The van der Waals surface area contributed by atoms with Crippen LogP contribution >= 0.6 is 15.9 Å². The molecule has 0 heterocycles. The number of rotatable bonds is 4. The fraction of sp³-hybridized carbons (Fsp3) is 0.0714. The highest BCUT2D eigenvalue weighted by Crippen LogP contribution is 2.29. The number of benzene rings is 2. The molecule has 0 fully saturated rings. The first-order chi connectivity index (χ1) is 10.4. The normalized spacial score (nSPS) is 11.0. The van der Waals surface area contributed by atoms with Gasteiger partial charge in [0, 0.05) is 4.47 Å². The molecule has 116 valence electrons. The SMILES string of the molecule is NS(=O)(=O)c1cccc(Br)c1NC(=O)OCc1ccccc1. The molecule has 0 bridgehead atoms. The van der Waals surface area contributed by atoms with Crippen molar-refractivity contribution in [3.05, 3.63) is 58.6 Å². The molecular formula is C14H13BrN2O4S. The first-order valence-corrected chi connectivity index (χ1v) is 8.51. The van der Waals surface area contributed by atoms with Gasteiger partial charge in [-0.2, -0.15) is 0 Å². The molecule has 6 nitrogen and oxygen atoms in total. The van der Waals surface area contributed by atoms with Crippen LogP contribution in [0.5, 0.6) is 0 Å². The molecule has 0 aromatic heterocycles. The Bertz CT molecular complexity index is 779. The first-order valence-electron chi connectivity index (χ1n) is 6.17. The maximum atomic E-state index is 11.8. The second-order valence-corrected chi connectivity index (χ2v) is 6.73. The van der Waals surface area contributed by atoms with Gasteiger partial charge in [-0.25, -0.2) is 18.4 Å². The summed E-state index contributed by atoms with van der Waals surface area (Å²) in [6.07, 6.45) is -0.777. The maximum Gasteiger partial charge on any atom is 0.412 e. The van der Waals surface area contributed by atoms with E-state index in [1.807, 2.05) is 30.3 Å². The number of primary sulfonamides is 1. The highest BCUT2D eigenvalue weighted by Gasteiger charge is 2.18. The van der Waals surface area contributed by atoms with Gasteiger partial charge in [0.15, 0.2) is 0 Å². The minimum Gasteiger partial charge on any atom is -0.444 e. The second-order valence-electron chi connectivity index (χ2n) is 4.34. The summed E-state index contributed by atoms with van der Waals surface area (Å²) in [6.45, 7) is 0.0713. The molecule has 2 aromatic rings. The van der Waals surface area contributed by atoms with Crippen LogP contribution in [-0.2, 0) is 21.4 Å². The first kappa shape index (κ1) is 16.5. The lowest BCUT2D eigenvalue weighted by Crippen LogP contribution is -2.19. The molecule has 0 atom stereocenters. The number of ether oxygens (including phenoxy) is 1. The zero-order valence-electron chi connectivity index (χ0n) is 11.3. The Morgan fingerprint density at radius 1 is 1.14 bits per heavy atom. The zero-order valence-corrected chi connectivity index (χ0v) is 13.7. The van der Waals surface area contributed by atoms with Gasteiger partial charge >= 0.3 is 6.09 Å². The van der Waals surface area contributed by atoms with Gasteiger partial charge in [0.25, 0.3) is 0 Å². The molecule has 0 saturated heterocycles. The highest BCUT2D eigenvalue weighted by molar-refractivity contribution is 9.10. The van der Waals surface area contributed by atoms with Gasteiger partial charge in [-0.3, -0.25) is 5.32 Å². The number of amides is 1. The van der Waals surface area contributed by atoms with Crippen LogP contribution in [0.1, 0.15) is 5.56 Å². The number of hydrogen-bond donors (Lipinski definition) is 2. The van der Waals surface area contributed by atoms with Crippen LogP contribution in [0.4, 0.5) is 10.5 Å². The lowest BCUT2D eigenvalue weighted by atomic mass is 10.2. The zero-order chi connectivity index (χ0) is 16.2. The van der Waals surface area contributed by atoms with Gasteiger partial charge in [-0.1, -0.05) is 36.4 Å². The molecule has 22 heavy (non-hydrogen) atoms. The van der Waals surface area contributed by atoms with E-state index in [1.54, 1.807) is 6.07 Å². The Hall–Kier alpha value is -1.90. The molecule has 0 aliphatic carbocycles. The van der Waals surface area contributed by atoms with E-state index < -0.39 is 16.1 Å². The van der Waals surface area contributed by atoms with E-state index in [0.717, 1.165) is 5.56 Å². The van der Waals surface area contributed by atoms with Crippen molar-refractivity contribution < 1.29 is 17.9 Å². The second kappa shape index (κ2) is 6.91. The number of carbonyl (C=O) groups excluding carboxylic acids is 1. The molecule has 0 aliphatic heterocycles. The number of hydrogen-bond acceptors (Lipinski definition) is 4. The van der Waals surface area contributed by atoms with Crippen LogP contribution < -0.4 is 10.5 Å². The average molecular weight is 385 g/mol. The van der Waals surface area contributed by atoms with Crippen LogP contribution in [0, 0.1) is 0 Å². The number of anilines is 1. The smallest absolute Gasteiger partial charge is 0.412 e. The van der Waals surface area contributed by atoms with Crippen LogP contribution in [0.3, 0.4) is 0 Å². The predicted molar refractivity (Wildman–Crippen MR) is 85.8 cm³/mol. The van der Waals surface area contributed by atoms with E-state index >= 15 is 0 Å². The number of carbonyl (C=O) groups is 1. The predicted octanol–water partition coefficient (Wildman–Crippen LogP) is 2.85. The van der Waals surface area contributed by atoms with Gasteiger partial charge in [-0.15, -0.1) is 0 Å². The molecule has 0 radical (unpaired) electrons. The summed E-state index contributed by atoms with van der Waals surface area (Å²) in [5, 5.41) is 7.51. The Morgan fingerprint density at radius 3 is 2.45 bits per heavy atom. The fourth-order valence-corrected chi connectivity index (χ4v) is 3.03. The molecule has 2 aromatic carbocycles. The van der Waals surface area contributed by atoms with Crippen molar-refractivity contribution in [3.8, 4) is 0 Å². The Kier molecular flexibility index (Phi) is 5.17. The highest BCUT2D eigenvalue weighted by atomic mass is 79.9. The Labute approximate surface area is 136 Å². The topological polar surface area (TPSA) is 98.5 Å². The fourth-order valence-electron chi connectivity index (χ4n) is 1.72. The Balaban J connectivity index is 2.12. The van der Waals surface area contributed by atoms with Crippen LogP contribution in [0.2, 0.25) is 0 Å². The number of nitrogens with one attached hydrogen (secondary N) is 1. The monoisotopic (exact) mass is 384 g/mol. The Morgan fingerprint density at radius 2 is 1.82 bits per heavy atom. The molecule has 0 saturated carbocycles. The minimum atomic E-state index is -3.97. The summed E-state index contributed by atoms with van der Waals surface area (Å²) in [4.78, 5) is 11.6. The molecular weight excluding hydrogens is 372 g/mol. The molecule has 0 unspecified atom stereocenters. The van der Waals surface area contributed by atoms with Crippen molar-refractivity contribution in [2.45, 2.75) is 11.5 Å². The third-order valence-electron chi connectivity index (χ3n) is 2.72. The summed E-state index contributed by atoms with van der Waals surface area (Å²) in [6, 6.07) is 13.5. The summed E-state index contributed by atoms with van der Waals surface area (Å²) in [5.74, 6) is 0. The van der Waals surface area contributed by atoms with E-state index in [1.165, 1.54) is 12.1 Å².